The Kier molecular flexibility index (Phi) is 5.60. The number of rotatable bonds is 6. The standard InChI is InChI=1S/C16H16O3Si/c1-6-17-20(18-7-2,19-8-3)13-12-16-14(4)10-9-11-15(16)5/h1-3,9-11H,12-13H2,4-5H3. The van der Waals surface area contributed by atoms with Crippen LogP contribution < -0.4 is 0 Å². The quantitative estimate of drug-likeness (QED) is 0.593. The molecule has 1 aromatic rings. The summed E-state index contributed by atoms with van der Waals surface area (Å²) in [5.41, 5.74) is 3.54. The van der Waals surface area contributed by atoms with E-state index in [1.807, 2.05) is 32.0 Å². The van der Waals surface area contributed by atoms with Gasteiger partial charge in [0.05, 0.1) is 24.4 Å². The molecule has 4 heteroatoms. The van der Waals surface area contributed by atoms with Crippen LogP contribution in [0.4, 0.5) is 0 Å². The van der Waals surface area contributed by atoms with Gasteiger partial charge in [0.15, 0.2) is 0 Å². The Balaban J connectivity index is 2.95. The predicted octanol–water partition coefficient (Wildman–Crippen LogP) is 2.61. The van der Waals surface area contributed by atoms with Crippen molar-refractivity contribution in [1.82, 2.24) is 0 Å². The molecule has 0 amide bonds. The smallest absolute Gasteiger partial charge is 0.432 e. The van der Waals surface area contributed by atoms with Gasteiger partial charge in [-0.25, -0.2) is 0 Å². The van der Waals surface area contributed by atoms with Crippen LogP contribution in [0.15, 0.2) is 18.2 Å². The molecular weight excluding hydrogens is 268 g/mol. The fourth-order valence-corrected chi connectivity index (χ4v) is 3.53. The molecule has 1 rings (SSSR count). The Hall–Kier alpha value is -2.48. The van der Waals surface area contributed by atoms with Gasteiger partial charge in [0, 0.05) is 0 Å². The van der Waals surface area contributed by atoms with E-state index in [-0.39, 0.29) is 0 Å². The number of aryl methyl sites for hydroxylation is 2. The minimum Gasteiger partial charge on any atom is -0.432 e. The van der Waals surface area contributed by atoms with Crippen LogP contribution in [0.2, 0.25) is 6.04 Å². The van der Waals surface area contributed by atoms with Crippen LogP contribution in [0, 0.1) is 51.4 Å². The highest BCUT2D eigenvalue weighted by atomic mass is 28.4. The summed E-state index contributed by atoms with van der Waals surface area (Å²) in [6.07, 6.45) is 22.4. The molecule has 0 N–H and O–H groups in total. The second-order valence-corrected chi connectivity index (χ2v) is 6.69. The molecule has 0 atom stereocenters. The summed E-state index contributed by atoms with van der Waals surface area (Å²) in [4.78, 5) is 0. The lowest BCUT2D eigenvalue weighted by atomic mass is 10.0. The predicted molar refractivity (Wildman–Crippen MR) is 79.9 cm³/mol. The molecule has 0 heterocycles. The summed E-state index contributed by atoms with van der Waals surface area (Å²) in [5, 5.41) is 0. The summed E-state index contributed by atoms with van der Waals surface area (Å²) >= 11 is 0. The van der Waals surface area contributed by atoms with E-state index in [1.165, 1.54) is 16.7 Å². The molecule has 0 aliphatic heterocycles. The van der Waals surface area contributed by atoms with E-state index < -0.39 is 8.80 Å². The van der Waals surface area contributed by atoms with Crippen LogP contribution >= 0.6 is 0 Å². The highest BCUT2D eigenvalue weighted by Gasteiger charge is 2.48. The van der Waals surface area contributed by atoms with Crippen LogP contribution in [0.5, 0.6) is 0 Å². The summed E-state index contributed by atoms with van der Waals surface area (Å²) in [6.45, 7) is 4.08. The fourth-order valence-electron chi connectivity index (χ4n) is 2.01. The van der Waals surface area contributed by atoms with E-state index in [0.29, 0.717) is 12.5 Å². The summed E-state index contributed by atoms with van der Waals surface area (Å²) in [7, 11) is -3.23. The third-order valence-corrected chi connectivity index (χ3v) is 5.12. The molecule has 0 unspecified atom stereocenters. The summed E-state index contributed by atoms with van der Waals surface area (Å²) in [5.74, 6) is 0. The highest BCUT2D eigenvalue weighted by Crippen LogP contribution is 2.22. The molecular formula is C16H16O3Si. The molecule has 0 radical (unpaired) electrons. The monoisotopic (exact) mass is 284 g/mol. The summed E-state index contributed by atoms with van der Waals surface area (Å²) in [6, 6.07) is 6.50. The summed E-state index contributed by atoms with van der Waals surface area (Å²) < 4.78 is 15.4. The molecule has 20 heavy (non-hydrogen) atoms. The van der Waals surface area contributed by atoms with Crippen molar-refractivity contribution in [2.45, 2.75) is 26.3 Å². The molecule has 0 aromatic heterocycles. The van der Waals surface area contributed by atoms with Crippen molar-refractivity contribution in [3.63, 3.8) is 0 Å². The van der Waals surface area contributed by atoms with Gasteiger partial charge in [-0.2, -0.15) is 0 Å². The van der Waals surface area contributed by atoms with E-state index in [2.05, 4.69) is 18.3 Å². The molecule has 102 valence electrons. The molecule has 0 aliphatic rings. The molecule has 0 saturated carbocycles. The topological polar surface area (TPSA) is 27.7 Å². The lowest BCUT2D eigenvalue weighted by Crippen LogP contribution is -2.42. The van der Waals surface area contributed by atoms with Crippen molar-refractivity contribution in [2.24, 2.45) is 0 Å². The zero-order chi connectivity index (χ0) is 15.0. The minimum atomic E-state index is -3.23. The Morgan fingerprint density at radius 1 is 0.950 bits per heavy atom. The molecule has 0 aliphatic carbocycles. The van der Waals surface area contributed by atoms with Gasteiger partial charge >= 0.3 is 8.80 Å². The highest BCUT2D eigenvalue weighted by molar-refractivity contribution is 6.61. The van der Waals surface area contributed by atoms with Gasteiger partial charge in [-0.05, 0) is 37.0 Å². The van der Waals surface area contributed by atoms with Gasteiger partial charge in [-0.15, -0.1) is 0 Å². The van der Waals surface area contributed by atoms with Crippen LogP contribution in [-0.4, -0.2) is 8.80 Å². The van der Waals surface area contributed by atoms with Crippen molar-refractivity contribution in [2.75, 3.05) is 0 Å². The van der Waals surface area contributed by atoms with Crippen molar-refractivity contribution in [3.05, 3.63) is 34.9 Å². The van der Waals surface area contributed by atoms with E-state index in [9.17, 15) is 0 Å². The van der Waals surface area contributed by atoms with Gasteiger partial charge in [-0.1, -0.05) is 37.5 Å². The van der Waals surface area contributed by atoms with E-state index in [1.54, 1.807) is 0 Å². The Morgan fingerprint density at radius 2 is 1.40 bits per heavy atom. The average Bonchev–Trinajstić information content (AvgIpc) is 2.39. The number of terminal acetylenes is 3. The molecule has 3 nitrogen and oxygen atoms in total. The second kappa shape index (κ2) is 7.19. The first kappa shape index (κ1) is 15.6. The van der Waals surface area contributed by atoms with Gasteiger partial charge in [0.1, 0.15) is 0 Å². The van der Waals surface area contributed by atoms with E-state index >= 15 is 0 Å². The van der Waals surface area contributed by atoms with Crippen LogP contribution in [-0.2, 0) is 19.7 Å². The lowest BCUT2D eigenvalue weighted by Gasteiger charge is -2.21. The average molecular weight is 284 g/mol. The zero-order valence-corrected chi connectivity index (χ0v) is 12.6. The van der Waals surface area contributed by atoms with Crippen molar-refractivity contribution in [3.8, 4) is 37.6 Å². The Labute approximate surface area is 121 Å². The Bertz CT molecular complexity index is 526. The molecule has 1 aromatic carbocycles. The van der Waals surface area contributed by atoms with Gasteiger partial charge in [0.2, 0.25) is 0 Å². The van der Waals surface area contributed by atoms with Gasteiger partial charge < -0.3 is 13.3 Å². The zero-order valence-electron chi connectivity index (χ0n) is 11.6. The van der Waals surface area contributed by atoms with E-state index in [0.717, 1.165) is 0 Å². The normalized spacial score (nSPS) is 9.75. The molecule has 0 saturated heterocycles. The minimum absolute atomic E-state index is 0.414. The van der Waals surface area contributed by atoms with Crippen LogP contribution in [0.1, 0.15) is 16.7 Å². The SMILES string of the molecule is C#CO[Si](CCc1c(C)cccc1C)(OC#C)OC#C. The van der Waals surface area contributed by atoms with E-state index in [4.69, 9.17) is 32.5 Å². The molecule has 0 spiro atoms. The first-order valence-electron chi connectivity index (χ1n) is 6.04. The largest absolute Gasteiger partial charge is 0.725 e. The number of benzene rings is 1. The van der Waals surface area contributed by atoms with Crippen LogP contribution in [0.25, 0.3) is 0 Å². The maximum Gasteiger partial charge on any atom is 0.725 e. The molecule has 0 fully saturated rings. The Morgan fingerprint density at radius 3 is 1.80 bits per heavy atom. The lowest BCUT2D eigenvalue weighted by molar-refractivity contribution is 0.212. The van der Waals surface area contributed by atoms with Crippen molar-refractivity contribution < 1.29 is 13.3 Å². The van der Waals surface area contributed by atoms with Gasteiger partial charge in [-0.3, -0.25) is 0 Å². The van der Waals surface area contributed by atoms with Crippen molar-refractivity contribution in [1.29, 1.82) is 0 Å². The van der Waals surface area contributed by atoms with Gasteiger partial charge in [0.25, 0.3) is 0 Å². The second-order valence-electron chi connectivity index (χ2n) is 4.21. The van der Waals surface area contributed by atoms with Crippen molar-refractivity contribution >= 4 is 8.80 Å². The third-order valence-electron chi connectivity index (χ3n) is 2.97. The third kappa shape index (κ3) is 3.75. The fraction of sp³-hybridized carbons (Fsp3) is 0.250. The first-order valence-corrected chi connectivity index (χ1v) is 7.97. The number of hydrogen-bond acceptors (Lipinski definition) is 3. The van der Waals surface area contributed by atoms with Crippen LogP contribution in [0.3, 0.4) is 0 Å². The maximum atomic E-state index is 5.17. The maximum absolute atomic E-state index is 5.17. The first-order chi connectivity index (χ1) is 9.58. The number of hydrogen-bond donors (Lipinski definition) is 0. The molecule has 0 bridgehead atoms.